The molecule has 0 bridgehead atoms. The Bertz CT molecular complexity index is 944. The summed E-state index contributed by atoms with van der Waals surface area (Å²) in [5, 5.41) is 13.0. The van der Waals surface area contributed by atoms with Crippen LogP contribution >= 0.6 is 11.3 Å². The van der Waals surface area contributed by atoms with E-state index in [0.717, 1.165) is 10.2 Å². The molecule has 1 saturated heterocycles. The fourth-order valence-electron chi connectivity index (χ4n) is 3.58. The summed E-state index contributed by atoms with van der Waals surface area (Å²) in [5.74, 6) is 4.10. The second-order valence-electron chi connectivity index (χ2n) is 7.33. The number of carbonyl (C=O) groups is 3. The molecule has 3 rings (SSSR count). The lowest BCUT2D eigenvalue weighted by molar-refractivity contribution is -0.137. The molecule has 0 unspecified atom stereocenters. The number of rotatable bonds is 9. The molecule has 1 aromatic carbocycles. The fourth-order valence-corrected chi connectivity index (χ4v) is 4.54. The smallest absolute Gasteiger partial charge is 0.243 e. The molecule has 1 aromatic heterocycles. The van der Waals surface area contributed by atoms with E-state index in [2.05, 4.69) is 20.7 Å². The number of hydrazine groups is 1. The zero-order valence-electron chi connectivity index (χ0n) is 17.2. The molecule has 2 aromatic rings. The molecule has 1 aliphatic rings. The molecule has 1 aliphatic heterocycles. The Kier molecular flexibility index (Phi) is 7.66. The predicted molar refractivity (Wildman–Crippen MR) is 118 cm³/mol. The molecule has 2 amide bonds. The van der Waals surface area contributed by atoms with E-state index in [1.54, 1.807) is 0 Å². The van der Waals surface area contributed by atoms with Gasteiger partial charge in [0.05, 0.1) is 28.7 Å². The van der Waals surface area contributed by atoms with Gasteiger partial charge >= 0.3 is 0 Å². The molecule has 0 aliphatic carbocycles. The number of nitrogens with two attached hydrogens (primary N) is 1. The first kappa shape index (κ1) is 22.8. The van der Waals surface area contributed by atoms with Crippen LogP contribution in [0, 0.1) is 0 Å². The Morgan fingerprint density at radius 1 is 1.42 bits per heavy atom. The summed E-state index contributed by atoms with van der Waals surface area (Å²) in [7, 11) is 0. The van der Waals surface area contributed by atoms with Crippen molar-refractivity contribution in [3.63, 3.8) is 0 Å². The number of β-amino-alcohol motifs (C(OH)–C–C–N with tert-alkyl or cyclic N) is 1. The van der Waals surface area contributed by atoms with Gasteiger partial charge in [-0.15, -0.1) is 11.3 Å². The second kappa shape index (κ2) is 10.4. The van der Waals surface area contributed by atoms with Crippen LogP contribution in [-0.2, 0) is 9.59 Å². The monoisotopic (exact) mass is 446 g/mol. The van der Waals surface area contributed by atoms with Crippen molar-refractivity contribution >= 4 is 45.5 Å². The van der Waals surface area contributed by atoms with Crippen LogP contribution in [0.5, 0.6) is 0 Å². The first-order valence-corrected chi connectivity index (χ1v) is 10.8. The number of aromatic nitrogens is 1. The van der Waals surface area contributed by atoms with Crippen LogP contribution in [0.2, 0.25) is 0 Å². The number of hydrogen-bond donors (Lipinski definition) is 4. The van der Waals surface area contributed by atoms with Gasteiger partial charge in [-0.1, -0.05) is 12.1 Å². The molecule has 11 heteroatoms. The average Bonchev–Trinajstić information content (AvgIpc) is 3.35. The first-order chi connectivity index (χ1) is 14.9. The number of fused-ring (bicyclic) bond motifs is 1. The molecule has 166 valence electrons. The van der Waals surface area contributed by atoms with Crippen molar-refractivity contribution in [2.45, 2.75) is 44.4 Å². The minimum Gasteiger partial charge on any atom is -0.391 e. The zero-order chi connectivity index (χ0) is 22.4. The normalized spacial score (nSPS) is 19.6. The summed E-state index contributed by atoms with van der Waals surface area (Å²) < 4.78 is 0.885. The van der Waals surface area contributed by atoms with Crippen LogP contribution < -0.4 is 16.6 Å². The minimum atomic E-state index is -0.819. The molecule has 0 saturated carbocycles. The van der Waals surface area contributed by atoms with Gasteiger partial charge in [-0.2, -0.15) is 0 Å². The summed E-state index contributed by atoms with van der Waals surface area (Å²) in [6.07, 6.45) is 1.60. The number of nitrogens with one attached hydrogen (secondary N) is 2. The van der Waals surface area contributed by atoms with E-state index in [0.29, 0.717) is 24.4 Å². The Morgan fingerprint density at radius 3 is 2.90 bits per heavy atom. The summed E-state index contributed by atoms with van der Waals surface area (Å²) in [6, 6.07) is 5.81. The molecule has 2 heterocycles. The highest BCUT2D eigenvalue weighted by Crippen LogP contribution is 2.24. The number of aliphatic hydroxyl groups is 1. The van der Waals surface area contributed by atoms with E-state index in [1.165, 1.54) is 29.5 Å². The van der Waals surface area contributed by atoms with Gasteiger partial charge in [-0.3, -0.25) is 19.4 Å². The van der Waals surface area contributed by atoms with Crippen molar-refractivity contribution < 1.29 is 19.5 Å². The standard InChI is InChI=1S/C20H26N6O4S/c1-12(27)26-10-13(28)9-16(26)19(30)24-15(6-4-8-22-11-23-21)18(29)20-25-14-5-2-3-7-17(14)31-20/h2-3,5,7,11,13,15-16,28H,4,6,8-10,21H2,1H3,(H,22,23)(H,24,30)/t13-,15+,16+/m1/s1. The Hall–Kier alpha value is -2.89. The highest BCUT2D eigenvalue weighted by atomic mass is 32.1. The fraction of sp³-hybridized carbons (Fsp3) is 0.450. The number of Topliss-reactive ketones (excluding diaryl/α,β-unsaturated/α-hetero) is 1. The molecule has 0 spiro atoms. The van der Waals surface area contributed by atoms with Crippen LogP contribution in [0.1, 0.15) is 36.0 Å². The number of nitrogens with zero attached hydrogens (tertiary/aromatic N) is 3. The lowest BCUT2D eigenvalue weighted by Crippen LogP contribution is -2.50. The number of aliphatic imine (C=N–C) groups is 1. The second-order valence-corrected chi connectivity index (χ2v) is 8.36. The Labute approximate surface area is 183 Å². The summed E-state index contributed by atoms with van der Waals surface area (Å²) in [5.41, 5.74) is 3.03. The lowest BCUT2D eigenvalue weighted by Gasteiger charge is -2.24. The molecular formula is C20H26N6O4S. The SMILES string of the molecule is CC(=O)N1C[C@H](O)C[C@H]1C(=O)N[C@@H](CCCN=CNN)C(=O)c1nc2ccccc2s1. The average molecular weight is 447 g/mol. The Morgan fingerprint density at radius 2 is 2.19 bits per heavy atom. The third-order valence-electron chi connectivity index (χ3n) is 5.07. The Balaban J connectivity index is 1.76. The maximum absolute atomic E-state index is 13.2. The van der Waals surface area contributed by atoms with Gasteiger partial charge in [0.15, 0.2) is 5.01 Å². The third-order valence-corrected chi connectivity index (χ3v) is 6.12. The maximum atomic E-state index is 13.2. The highest BCUT2D eigenvalue weighted by molar-refractivity contribution is 7.20. The molecule has 1 fully saturated rings. The number of aliphatic hydroxyl groups excluding tert-OH is 1. The number of para-hydroxylation sites is 1. The van der Waals surface area contributed by atoms with Gasteiger partial charge in [-0.05, 0) is 25.0 Å². The third kappa shape index (κ3) is 5.63. The van der Waals surface area contributed by atoms with Gasteiger partial charge in [0.25, 0.3) is 0 Å². The highest BCUT2D eigenvalue weighted by Gasteiger charge is 2.39. The molecule has 5 N–H and O–H groups in total. The van der Waals surface area contributed by atoms with Crippen molar-refractivity contribution in [1.82, 2.24) is 20.6 Å². The van der Waals surface area contributed by atoms with Crippen LogP contribution in [0.25, 0.3) is 10.2 Å². The number of amides is 2. The van der Waals surface area contributed by atoms with Gasteiger partial charge < -0.3 is 20.7 Å². The van der Waals surface area contributed by atoms with Crippen LogP contribution in [0.15, 0.2) is 29.3 Å². The quantitative estimate of drug-likeness (QED) is 0.107. The van der Waals surface area contributed by atoms with Crippen molar-refractivity contribution in [3.8, 4) is 0 Å². The van der Waals surface area contributed by atoms with Crippen LogP contribution in [0.4, 0.5) is 0 Å². The van der Waals surface area contributed by atoms with Crippen LogP contribution in [0.3, 0.4) is 0 Å². The lowest BCUT2D eigenvalue weighted by atomic mass is 10.1. The summed E-state index contributed by atoms with van der Waals surface area (Å²) in [6.45, 7) is 1.88. The topological polar surface area (TPSA) is 150 Å². The van der Waals surface area contributed by atoms with Crippen molar-refractivity contribution in [1.29, 1.82) is 0 Å². The first-order valence-electron chi connectivity index (χ1n) is 10.0. The van der Waals surface area contributed by atoms with E-state index < -0.39 is 24.1 Å². The number of likely N-dealkylation sites (tertiary alicyclic amines) is 1. The number of carbonyl (C=O) groups excluding carboxylic acids is 3. The maximum Gasteiger partial charge on any atom is 0.243 e. The minimum absolute atomic E-state index is 0.102. The van der Waals surface area contributed by atoms with E-state index in [4.69, 9.17) is 5.84 Å². The molecule has 3 atom stereocenters. The van der Waals surface area contributed by atoms with E-state index in [9.17, 15) is 19.5 Å². The van der Waals surface area contributed by atoms with Crippen molar-refractivity contribution in [2.75, 3.05) is 13.1 Å². The van der Waals surface area contributed by atoms with E-state index >= 15 is 0 Å². The molecular weight excluding hydrogens is 420 g/mol. The number of thiazole rings is 1. The predicted octanol–water partition coefficient (Wildman–Crippen LogP) is 0.217. The van der Waals surface area contributed by atoms with Gasteiger partial charge in [0.2, 0.25) is 17.6 Å². The largest absolute Gasteiger partial charge is 0.391 e. The van der Waals surface area contributed by atoms with Gasteiger partial charge in [0, 0.05) is 26.4 Å². The zero-order valence-corrected chi connectivity index (χ0v) is 18.0. The van der Waals surface area contributed by atoms with Crippen molar-refractivity contribution in [2.24, 2.45) is 10.8 Å². The molecule has 10 nitrogen and oxygen atoms in total. The van der Waals surface area contributed by atoms with Gasteiger partial charge in [-0.25, -0.2) is 10.8 Å². The molecule has 0 radical (unpaired) electrons. The summed E-state index contributed by atoms with van der Waals surface area (Å²) in [4.78, 5) is 47.7. The van der Waals surface area contributed by atoms with Crippen molar-refractivity contribution in [3.05, 3.63) is 29.3 Å². The summed E-state index contributed by atoms with van der Waals surface area (Å²) >= 11 is 1.27. The van der Waals surface area contributed by atoms with Crippen LogP contribution in [-0.4, -0.2) is 70.2 Å². The molecule has 31 heavy (non-hydrogen) atoms. The number of benzene rings is 1. The number of ketones is 1. The van der Waals surface area contributed by atoms with E-state index in [1.807, 2.05) is 24.3 Å². The van der Waals surface area contributed by atoms with Gasteiger partial charge in [0.1, 0.15) is 6.04 Å². The van der Waals surface area contributed by atoms with E-state index in [-0.39, 0.29) is 24.7 Å². The number of hydrogen-bond acceptors (Lipinski definition) is 8.